The molecule has 1 aromatic carbocycles. The Kier molecular flexibility index (Phi) is 5.88. The summed E-state index contributed by atoms with van der Waals surface area (Å²) in [5.41, 5.74) is 1.93. The van der Waals surface area contributed by atoms with E-state index >= 15 is 0 Å². The number of aryl methyl sites for hydroxylation is 1. The SMILES string of the molecule is COc1ccc(-c2c(C)nc3sc(C(C)(C)O)nn23)cc1SNC1CCCCC1. The Balaban J connectivity index is 1.67. The predicted molar refractivity (Wildman–Crippen MR) is 119 cm³/mol. The molecule has 0 radical (unpaired) electrons. The van der Waals surface area contributed by atoms with E-state index in [1.54, 1.807) is 32.9 Å². The van der Waals surface area contributed by atoms with Crippen molar-refractivity contribution in [2.45, 2.75) is 69.4 Å². The number of benzene rings is 1. The lowest BCUT2D eigenvalue weighted by Gasteiger charge is -2.22. The maximum Gasteiger partial charge on any atom is 0.213 e. The maximum atomic E-state index is 10.3. The van der Waals surface area contributed by atoms with Gasteiger partial charge < -0.3 is 9.84 Å². The largest absolute Gasteiger partial charge is 0.496 e. The average molecular weight is 433 g/mol. The third-order valence-corrected chi connectivity index (χ3v) is 7.49. The van der Waals surface area contributed by atoms with Crippen LogP contribution in [0, 0.1) is 6.92 Å². The molecule has 2 heterocycles. The number of methoxy groups -OCH3 is 1. The van der Waals surface area contributed by atoms with Gasteiger partial charge in [0.1, 0.15) is 16.4 Å². The topological polar surface area (TPSA) is 71.7 Å². The van der Waals surface area contributed by atoms with E-state index in [1.807, 2.05) is 23.6 Å². The van der Waals surface area contributed by atoms with Crippen LogP contribution in [0.4, 0.5) is 0 Å². The molecule has 0 amide bonds. The normalized spacial score (nSPS) is 15.9. The average Bonchev–Trinajstić information content (AvgIpc) is 3.23. The minimum Gasteiger partial charge on any atom is -0.496 e. The summed E-state index contributed by atoms with van der Waals surface area (Å²) in [4.78, 5) is 6.52. The molecule has 29 heavy (non-hydrogen) atoms. The van der Waals surface area contributed by atoms with E-state index in [0.29, 0.717) is 11.0 Å². The van der Waals surface area contributed by atoms with Gasteiger partial charge in [-0.3, -0.25) is 4.72 Å². The molecule has 1 aliphatic carbocycles. The zero-order valence-electron chi connectivity index (χ0n) is 17.4. The van der Waals surface area contributed by atoms with Gasteiger partial charge in [0.15, 0.2) is 0 Å². The monoisotopic (exact) mass is 432 g/mol. The van der Waals surface area contributed by atoms with Gasteiger partial charge in [-0.15, -0.1) is 0 Å². The Morgan fingerprint density at radius 1 is 1.28 bits per heavy atom. The lowest BCUT2D eigenvalue weighted by molar-refractivity contribution is 0.0773. The van der Waals surface area contributed by atoms with Crippen molar-refractivity contribution in [3.05, 3.63) is 28.9 Å². The molecule has 1 aliphatic rings. The Labute approximate surface area is 179 Å². The molecule has 1 fully saturated rings. The number of nitrogens with one attached hydrogen (secondary N) is 1. The second-order valence-electron chi connectivity index (χ2n) is 8.13. The summed E-state index contributed by atoms with van der Waals surface area (Å²) in [7, 11) is 1.71. The standard InChI is InChI=1S/C21H28N4O2S2/c1-13-18(25-20(22-13)28-19(23-25)21(2,3)26)14-10-11-16(27-4)17(12-14)29-24-15-8-6-5-7-9-15/h10-12,15,24,26H,5-9H2,1-4H3. The van der Waals surface area contributed by atoms with Crippen LogP contribution in [0.15, 0.2) is 23.1 Å². The number of hydrogen-bond donors (Lipinski definition) is 2. The van der Waals surface area contributed by atoms with Crippen molar-refractivity contribution < 1.29 is 9.84 Å². The second-order valence-corrected chi connectivity index (χ2v) is 9.96. The van der Waals surface area contributed by atoms with Gasteiger partial charge >= 0.3 is 0 Å². The summed E-state index contributed by atoms with van der Waals surface area (Å²) in [6.07, 6.45) is 6.41. The van der Waals surface area contributed by atoms with Crippen LogP contribution in [-0.2, 0) is 5.60 Å². The molecule has 0 bridgehead atoms. The van der Waals surface area contributed by atoms with Gasteiger partial charge in [-0.1, -0.05) is 30.6 Å². The summed E-state index contributed by atoms with van der Waals surface area (Å²) in [5.74, 6) is 0.857. The van der Waals surface area contributed by atoms with Crippen LogP contribution >= 0.6 is 23.3 Å². The Hall–Kier alpha value is -1.61. The third-order valence-electron chi connectivity index (χ3n) is 5.28. The smallest absolute Gasteiger partial charge is 0.213 e. The Bertz CT molecular complexity index is 1000. The molecule has 8 heteroatoms. The lowest BCUT2D eigenvalue weighted by Crippen LogP contribution is -2.25. The van der Waals surface area contributed by atoms with E-state index in [9.17, 15) is 5.11 Å². The van der Waals surface area contributed by atoms with Gasteiger partial charge in [-0.05, 0) is 63.8 Å². The summed E-state index contributed by atoms with van der Waals surface area (Å²) < 4.78 is 11.1. The molecule has 1 saturated carbocycles. The molecule has 0 aliphatic heterocycles. The quantitative estimate of drug-likeness (QED) is 0.538. The van der Waals surface area contributed by atoms with E-state index in [-0.39, 0.29) is 0 Å². The first kappa shape index (κ1) is 20.7. The van der Waals surface area contributed by atoms with Crippen molar-refractivity contribution in [2.75, 3.05) is 7.11 Å². The summed E-state index contributed by atoms with van der Waals surface area (Å²) >= 11 is 3.07. The van der Waals surface area contributed by atoms with Gasteiger partial charge in [-0.25, -0.2) is 9.50 Å². The Morgan fingerprint density at radius 3 is 2.72 bits per heavy atom. The molecular weight excluding hydrogens is 404 g/mol. The van der Waals surface area contributed by atoms with Crippen molar-refractivity contribution in [1.82, 2.24) is 19.3 Å². The number of ether oxygens (including phenoxy) is 1. The van der Waals surface area contributed by atoms with Crippen molar-refractivity contribution in [3.63, 3.8) is 0 Å². The van der Waals surface area contributed by atoms with Crippen LogP contribution in [-0.4, -0.2) is 32.9 Å². The second kappa shape index (κ2) is 8.26. The first-order valence-electron chi connectivity index (χ1n) is 10.1. The highest BCUT2D eigenvalue weighted by Gasteiger charge is 2.25. The number of fused-ring (bicyclic) bond motifs is 1. The van der Waals surface area contributed by atoms with E-state index in [2.05, 4.69) is 20.9 Å². The van der Waals surface area contributed by atoms with Crippen molar-refractivity contribution in [3.8, 4) is 17.0 Å². The fourth-order valence-electron chi connectivity index (χ4n) is 3.70. The molecule has 0 unspecified atom stereocenters. The van der Waals surface area contributed by atoms with Crippen LogP contribution in [0.3, 0.4) is 0 Å². The fraction of sp³-hybridized carbons (Fsp3) is 0.524. The van der Waals surface area contributed by atoms with E-state index in [4.69, 9.17) is 4.74 Å². The van der Waals surface area contributed by atoms with E-state index in [0.717, 1.165) is 32.6 Å². The van der Waals surface area contributed by atoms with Crippen molar-refractivity contribution in [1.29, 1.82) is 0 Å². The molecule has 6 nitrogen and oxygen atoms in total. The molecule has 2 aromatic heterocycles. The molecule has 156 valence electrons. The molecule has 3 aromatic rings. The van der Waals surface area contributed by atoms with Crippen LogP contribution in [0.5, 0.6) is 5.75 Å². The van der Waals surface area contributed by atoms with E-state index < -0.39 is 5.60 Å². The van der Waals surface area contributed by atoms with Crippen LogP contribution in [0.25, 0.3) is 16.2 Å². The zero-order chi connectivity index (χ0) is 20.6. The molecule has 0 spiro atoms. The number of rotatable bonds is 6. The van der Waals surface area contributed by atoms with Gasteiger partial charge in [0.2, 0.25) is 4.96 Å². The van der Waals surface area contributed by atoms with Crippen LogP contribution in [0.1, 0.15) is 56.7 Å². The highest BCUT2D eigenvalue weighted by molar-refractivity contribution is 7.97. The van der Waals surface area contributed by atoms with Crippen molar-refractivity contribution >= 4 is 28.2 Å². The Morgan fingerprint density at radius 2 is 2.03 bits per heavy atom. The zero-order valence-corrected chi connectivity index (χ0v) is 19.0. The lowest BCUT2D eigenvalue weighted by atomic mass is 9.96. The minimum absolute atomic E-state index is 0.554. The first-order chi connectivity index (χ1) is 13.9. The maximum absolute atomic E-state index is 10.3. The molecule has 4 rings (SSSR count). The number of aliphatic hydroxyl groups is 1. The van der Waals surface area contributed by atoms with Gasteiger partial charge in [-0.2, -0.15) is 5.10 Å². The summed E-state index contributed by atoms with van der Waals surface area (Å²) in [5, 5.41) is 15.6. The number of hydrogen-bond acceptors (Lipinski definition) is 7. The molecule has 2 N–H and O–H groups in total. The minimum atomic E-state index is -0.985. The summed E-state index contributed by atoms with van der Waals surface area (Å²) in [6.45, 7) is 5.49. The fourth-order valence-corrected chi connectivity index (χ4v) is 5.61. The number of nitrogens with zero attached hydrogens (tertiary/aromatic N) is 3. The highest BCUT2D eigenvalue weighted by Crippen LogP contribution is 2.36. The third kappa shape index (κ3) is 4.30. The first-order valence-corrected chi connectivity index (χ1v) is 11.7. The molecular formula is C21H28N4O2S2. The highest BCUT2D eigenvalue weighted by atomic mass is 32.2. The summed E-state index contributed by atoms with van der Waals surface area (Å²) in [6, 6.07) is 6.74. The number of aromatic nitrogens is 3. The van der Waals surface area contributed by atoms with Gasteiger partial charge in [0, 0.05) is 11.6 Å². The molecule has 0 atom stereocenters. The van der Waals surface area contributed by atoms with Crippen LogP contribution < -0.4 is 9.46 Å². The van der Waals surface area contributed by atoms with Gasteiger partial charge in [0.25, 0.3) is 0 Å². The number of imidazole rings is 1. The van der Waals surface area contributed by atoms with E-state index in [1.165, 1.54) is 43.4 Å². The van der Waals surface area contributed by atoms with Crippen molar-refractivity contribution in [2.24, 2.45) is 0 Å². The predicted octanol–water partition coefficient (Wildman–Crippen LogP) is 4.93. The molecule has 0 saturated heterocycles. The van der Waals surface area contributed by atoms with Crippen LogP contribution in [0.2, 0.25) is 0 Å². The van der Waals surface area contributed by atoms with Gasteiger partial charge in [0.05, 0.1) is 23.4 Å².